The Morgan fingerprint density at radius 3 is 2.65 bits per heavy atom. The van der Waals surface area contributed by atoms with E-state index in [-0.39, 0.29) is 5.54 Å². The molecule has 1 fully saturated rings. The van der Waals surface area contributed by atoms with Crippen molar-refractivity contribution in [3.05, 3.63) is 34.9 Å². The van der Waals surface area contributed by atoms with E-state index < -0.39 is 0 Å². The van der Waals surface area contributed by atoms with Crippen molar-refractivity contribution in [3.8, 4) is 0 Å². The lowest BCUT2D eigenvalue weighted by molar-refractivity contribution is 0.166. The molecule has 0 aromatic heterocycles. The minimum absolute atomic E-state index is 0.0742. The number of nitrogens with two attached hydrogens (primary N) is 1. The smallest absolute Gasteiger partial charge is 0.192 e. The molecule has 3 nitrogen and oxygen atoms in total. The molecule has 2 aliphatic rings. The molecule has 20 heavy (non-hydrogen) atoms. The van der Waals surface area contributed by atoms with Crippen molar-refractivity contribution < 1.29 is 0 Å². The molecular weight excluding hydrogens is 246 g/mol. The van der Waals surface area contributed by atoms with Gasteiger partial charge < -0.3 is 10.6 Å². The molecule has 0 radical (unpaired) electrons. The van der Waals surface area contributed by atoms with E-state index in [9.17, 15) is 0 Å². The van der Waals surface area contributed by atoms with Crippen LogP contribution in [0.15, 0.2) is 23.2 Å². The second kappa shape index (κ2) is 4.80. The maximum atomic E-state index is 6.24. The van der Waals surface area contributed by atoms with Gasteiger partial charge in [0.2, 0.25) is 0 Å². The second-order valence-electron chi connectivity index (χ2n) is 6.57. The van der Waals surface area contributed by atoms with Gasteiger partial charge in [-0.2, -0.15) is 0 Å². The van der Waals surface area contributed by atoms with Gasteiger partial charge in [0, 0.05) is 6.04 Å². The molecule has 1 unspecified atom stereocenters. The zero-order valence-corrected chi connectivity index (χ0v) is 12.8. The van der Waals surface area contributed by atoms with Crippen LogP contribution in [0.25, 0.3) is 0 Å². The molecule has 1 aliphatic carbocycles. The number of nitrogens with zero attached hydrogens (tertiary/aromatic N) is 2. The predicted octanol–water partition coefficient (Wildman–Crippen LogP) is 3.09. The Hall–Kier alpha value is -1.51. The van der Waals surface area contributed by atoms with E-state index >= 15 is 0 Å². The molecule has 0 bridgehead atoms. The monoisotopic (exact) mass is 271 g/mol. The van der Waals surface area contributed by atoms with Crippen LogP contribution < -0.4 is 5.73 Å². The first-order valence-electron chi connectivity index (χ1n) is 7.69. The molecular formula is C17H25N3. The third-order valence-corrected chi connectivity index (χ3v) is 4.99. The summed E-state index contributed by atoms with van der Waals surface area (Å²) in [5, 5.41) is 0. The zero-order chi connectivity index (χ0) is 14.3. The Balaban J connectivity index is 2.03. The average Bonchev–Trinajstić information content (AvgIpc) is 3.01. The van der Waals surface area contributed by atoms with Crippen LogP contribution in [-0.4, -0.2) is 23.4 Å². The molecule has 3 heteroatoms. The number of aliphatic imine (C=N–C) groups is 1. The molecule has 108 valence electrons. The van der Waals surface area contributed by atoms with Crippen molar-refractivity contribution in [2.75, 3.05) is 6.54 Å². The molecule has 1 aliphatic heterocycles. The van der Waals surface area contributed by atoms with E-state index in [1.54, 1.807) is 0 Å². The highest BCUT2D eigenvalue weighted by molar-refractivity contribution is 5.81. The summed E-state index contributed by atoms with van der Waals surface area (Å²) in [7, 11) is 0. The SMILES string of the molecule is Cc1ccc(C)c(C2(C)CN=C(N)N2C2CCCC2)c1. The number of rotatable bonds is 2. The minimum Gasteiger partial charge on any atom is -0.370 e. The fourth-order valence-corrected chi connectivity index (χ4v) is 3.92. The fraction of sp³-hybridized carbons (Fsp3) is 0.588. The Kier molecular flexibility index (Phi) is 3.23. The van der Waals surface area contributed by atoms with E-state index in [2.05, 4.69) is 48.9 Å². The topological polar surface area (TPSA) is 41.6 Å². The van der Waals surface area contributed by atoms with Crippen LogP contribution in [0.1, 0.15) is 49.3 Å². The highest BCUT2D eigenvalue weighted by Crippen LogP contribution is 2.40. The third-order valence-electron chi connectivity index (χ3n) is 4.99. The summed E-state index contributed by atoms with van der Waals surface area (Å²) in [6, 6.07) is 7.27. The lowest BCUT2D eigenvalue weighted by Gasteiger charge is -2.41. The molecule has 1 aromatic rings. The van der Waals surface area contributed by atoms with Crippen molar-refractivity contribution in [3.63, 3.8) is 0 Å². The van der Waals surface area contributed by atoms with Crippen LogP contribution in [0.2, 0.25) is 0 Å². The summed E-state index contributed by atoms with van der Waals surface area (Å²) in [4.78, 5) is 6.99. The van der Waals surface area contributed by atoms with E-state index in [4.69, 9.17) is 5.73 Å². The van der Waals surface area contributed by atoms with Gasteiger partial charge in [-0.15, -0.1) is 0 Å². The van der Waals surface area contributed by atoms with Crippen molar-refractivity contribution in [2.45, 2.75) is 58.0 Å². The van der Waals surface area contributed by atoms with E-state index in [0.717, 1.165) is 12.5 Å². The van der Waals surface area contributed by atoms with Crippen LogP contribution in [-0.2, 0) is 5.54 Å². The summed E-state index contributed by atoms with van der Waals surface area (Å²) in [5.74, 6) is 0.736. The standard InChI is InChI=1S/C17H25N3/c1-12-8-9-13(2)15(10-12)17(3)11-19-16(18)20(17)14-6-4-5-7-14/h8-10,14H,4-7,11H2,1-3H3,(H2,18,19). The number of guanidine groups is 1. The van der Waals surface area contributed by atoms with Gasteiger partial charge in [0.05, 0.1) is 12.1 Å². The van der Waals surface area contributed by atoms with E-state index in [1.807, 2.05) is 0 Å². The summed E-state index contributed by atoms with van der Waals surface area (Å²) in [5.41, 5.74) is 10.2. The number of benzene rings is 1. The van der Waals surface area contributed by atoms with Crippen LogP contribution in [0.4, 0.5) is 0 Å². The summed E-state index contributed by atoms with van der Waals surface area (Å²) in [6.45, 7) is 7.43. The summed E-state index contributed by atoms with van der Waals surface area (Å²) < 4.78 is 0. The maximum absolute atomic E-state index is 6.24. The third kappa shape index (κ3) is 2.00. The highest BCUT2D eigenvalue weighted by atomic mass is 15.4. The summed E-state index contributed by atoms with van der Waals surface area (Å²) in [6.07, 6.45) is 5.13. The van der Waals surface area contributed by atoms with Gasteiger partial charge in [0.1, 0.15) is 0 Å². The first-order chi connectivity index (χ1) is 9.52. The quantitative estimate of drug-likeness (QED) is 0.898. The first-order valence-corrected chi connectivity index (χ1v) is 7.69. The van der Waals surface area contributed by atoms with Gasteiger partial charge >= 0.3 is 0 Å². The Bertz CT molecular complexity index is 543. The van der Waals surface area contributed by atoms with Gasteiger partial charge in [-0.1, -0.05) is 36.6 Å². The molecule has 0 saturated heterocycles. The lowest BCUT2D eigenvalue weighted by atomic mass is 9.85. The predicted molar refractivity (Wildman–Crippen MR) is 83.9 cm³/mol. The average molecular weight is 271 g/mol. The number of aryl methyl sites for hydroxylation is 2. The molecule has 0 amide bonds. The van der Waals surface area contributed by atoms with Crippen LogP contribution in [0.5, 0.6) is 0 Å². The van der Waals surface area contributed by atoms with Crippen LogP contribution in [0.3, 0.4) is 0 Å². The van der Waals surface area contributed by atoms with Gasteiger partial charge in [-0.25, -0.2) is 0 Å². The zero-order valence-electron chi connectivity index (χ0n) is 12.8. The summed E-state index contributed by atoms with van der Waals surface area (Å²) >= 11 is 0. The maximum Gasteiger partial charge on any atom is 0.192 e. The molecule has 1 atom stereocenters. The number of hydrogen-bond donors (Lipinski definition) is 1. The van der Waals surface area contributed by atoms with Crippen molar-refractivity contribution in [2.24, 2.45) is 10.7 Å². The molecule has 2 N–H and O–H groups in total. The molecule has 3 rings (SSSR count). The largest absolute Gasteiger partial charge is 0.370 e. The van der Waals surface area contributed by atoms with Gasteiger partial charge in [-0.3, -0.25) is 4.99 Å². The van der Waals surface area contributed by atoms with Crippen molar-refractivity contribution in [1.29, 1.82) is 0 Å². The van der Waals surface area contributed by atoms with E-state index in [1.165, 1.54) is 42.4 Å². The van der Waals surface area contributed by atoms with Gasteiger partial charge in [-0.05, 0) is 44.7 Å². The molecule has 1 saturated carbocycles. The first kappa shape index (κ1) is 13.5. The Morgan fingerprint density at radius 1 is 1.25 bits per heavy atom. The normalized spacial score (nSPS) is 27.1. The van der Waals surface area contributed by atoms with Gasteiger partial charge in [0.15, 0.2) is 5.96 Å². The van der Waals surface area contributed by atoms with Crippen LogP contribution >= 0.6 is 0 Å². The Labute approximate surface area is 121 Å². The van der Waals surface area contributed by atoms with Crippen molar-refractivity contribution in [1.82, 2.24) is 4.90 Å². The van der Waals surface area contributed by atoms with Crippen molar-refractivity contribution >= 4 is 5.96 Å². The minimum atomic E-state index is -0.0742. The van der Waals surface area contributed by atoms with Gasteiger partial charge in [0.25, 0.3) is 0 Å². The highest BCUT2D eigenvalue weighted by Gasteiger charge is 2.44. The fourth-order valence-electron chi connectivity index (χ4n) is 3.92. The number of hydrogen-bond acceptors (Lipinski definition) is 3. The van der Waals surface area contributed by atoms with Crippen LogP contribution in [0, 0.1) is 13.8 Å². The molecule has 0 spiro atoms. The van der Waals surface area contributed by atoms with E-state index in [0.29, 0.717) is 6.04 Å². The second-order valence-corrected chi connectivity index (χ2v) is 6.57. The lowest BCUT2D eigenvalue weighted by Crippen LogP contribution is -2.52. The molecule has 1 heterocycles. The Morgan fingerprint density at radius 2 is 1.95 bits per heavy atom. The molecule has 1 aromatic carbocycles.